The van der Waals surface area contributed by atoms with Crippen LogP contribution in [0.25, 0.3) is 17.3 Å². The van der Waals surface area contributed by atoms with E-state index in [-0.39, 0.29) is 11.6 Å². The molecule has 0 aliphatic carbocycles. The van der Waals surface area contributed by atoms with Crippen molar-refractivity contribution in [2.45, 2.75) is 19.8 Å². The third kappa shape index (κ3) is 5.99. The molecule has 7 nitrogen and oxygen atoms in total. The van der Waals surface area contributed by atoms with Gasteiger partial charge in [-0.2, -0.15) is 0 Å². The Morgan fingerprint density at radius 3 is 2.60 bits per heavy atom. The Morgan fingerprint density at radius 1 is 1.20 bits per heavy atom. The first-order valence-electron chi connectivity index (χ1n) is 9.47. The van der Waals surface area contributed by atoms with Crippen molar-refractivity contribution < 1.29 is 14.5 Å². The van der Waals surface area contributed by atoms with E-state index in [4.69, 9.17) is 4.74 Å². The van der Waals surface area contributed by atoms with E-state index in [2.05, 4.69) is 17.2 Å². The van der Waals surface area contributed by atoms with Gasteiger partial charge in [0.1, 0.15) is 5.75 Å². The largest absolute Gasteiger partial charge is 0.494 e. The molecule has 0 fully saturated rings. The topological polar surface area (TPSA) is 94.4 Å². The maximum Gasteiger partial charge on any atom is 0.269 e. The van der Waals surface area contributed by atoms with E-state index in [0.717, 1.165) is 29.7 Å². The highest BCUT2D eigenvalue weighted by molar-refractivity contribution is 7.14. The second kappa shape index (κ2) is 10.3. The highest BCUT2D eigenvalue weighted by Crippen LogP contribution is 2.26. The number of thiazole rings is 1. The van der Waals surface area contributed by atoms with Crippen molar-refractivity contribution >= 4 is 34.1 Å². The quantitative estimate of drug-likeness (QED) is 0.211. The number of nitro groups is 1. The summed E-state index contributed by atoms with van der Waals surface area (Å²) in [5.74, 6) is 0.523. The van der Waals surface area contributed by atoms with Crippen LogP contribution < -0.4 is 10.1 Å². The van der Waals surface area contributed by atoms with Crippen LogP contribution in [-0.2, 0) is 4.79 Å². The minimum absolute atomic E-state index is 0.0215. The van der Waals surface area contributed by atoms with Gasteiger partial charge in [-0.1, -0.05) is 25.5 Å². The molecule has 1 amide bonds. The predicted octanol–water partition coefficient (Wildman–Crippen LogP) is 5.55. The lowest BCUT2D eigenvalue weighted by Crippen LogP contribution is -2.07. The maximum atomic E-state index is 12.2. The summed E-state index contributed by atoms with van der Waals surface area (Å²) in [5, 5.41) is 15.7. The van der Waals surface area contributed by atoms with E-state index in [1.54, 1.807) is 23.6 Å². The molecule has 0 saturated heterocycles. The summed E-state index contributed by atoms with van der Waals surface area (Å²) < 4.78 is 5.62. The van der Waals surface area contributed by atoms with Gasteiger partial charge in [0.15, 0.2) is 5.13 Å². The normalized spacial score (nSPS) is 10.8. The van der Waals surface area contributed by atoms with Gasteiger partial charge in [-0.25, -0.2) is 4.98 Å². The first-order valence-corrected chi connectivity index (χ1v) is 10.4. The number of nitrogens with zero attached hydrogens (tertiary/aromatic N) is 2. The number of unbranched alkanes of at least 4 members (excludes halogenated alkanes) is 1. The summed E-state index contributed by atoms with van der Waals surface area (Å²) >= 11 is 1.29. The molecule has 1 N–H and O–H groups in total. The first-order chi connectivity index (χ1) is 14.5. The summed E-state index contributed by atoms with van der Waals surface area (Å²) in [6.07, 6.45) is 5.27. The summed E-state index contributed by atoms with van der Waals surface area (Å²) in [5.41, 5.74) is 2.30. The zero-order valence-corrected chi connectivity index (χ0v) is 17.2. The van der Waals surface area contributed by atoms with Crippen LogP contribution in [0.2, 0.25) is 0 Å². The second-order valence-corrected chi connectivity index (χ2v) is 7.29. The zero-order valence-electron chi connectivity index (χ0n) is 16.4. The number of ether oxygens (including phenoxy) is 1. The lowest BCUT2D eigenvalue weighted by atomic mass is 10.1. The molecule has 0 atom stereocenters. The Bertz CT molecular complexity index is 1030. The number of hydrogen-bond acceptors (Lipinski definition) is 6. The van der Waals surface area contributed by atoms with Gasteiger partial charge < -0.3 is 4.74 Å². The van der Waals surface area contributed by atoms with E-state index in [1.165, 1.54) is 29.5 Å². The predicted molar refractivity (Wildman–Crippen MR) is 119 cm³/mol. The van der Waals surface area contributed by atoms with Crippen molar-refractivity contribution in [3.05, 3.63) is 75.7 Å². The Kier molecular flexibility index (Phi) is 7.29. The molecule has 1 heterocycles. The molecule has 0 aliphatic rings. The van der Waals surface area contributed by atoms with Crippen molar-refractivity contribution in [3.63, 3.8) is 0 Å². The lowest BCUT2D eigenvalue weighted by Gasteiger charge is -2.05. The SMILES string of the molecule is CCCCOc1ccc(/C=C/C(=O)Nc2nc(-c3ccc([N+](=O)[O-])cc3)cs2)cc1. The molecule has 0 saturated carbocycles. The number of nitro benzene ring substituents is 1. The fraction of sp³-hybridized carbons (Fsp3) is 0.182. The summed E-state index contributed by atoms with van der Waals surface area (Å²) in [6, 6.07) is 13.7. The Hall–Kier alpha value is -3.52. The minimum atomic E-state index is -0.449. The lowest BCUT2D eigenvalue weighted by molar-refractivity contribution is -0.384. The van der Waals surface area contributed by atoms with Gasteiger partial charge in [-0.05, 0) is 42.3 Å². The van der Waals surface area contributed by atoms with Gasteiger partial charge in [-0.15, -0.1) is 11.3 Å². The van der Waals surface area contributed by atoms with Crippen LogP contribution in [0.4, 0.5) is 10.8 Å². The van der Waals surface area contributed by atoms with E-state index in [9.17, 15) is 14.9 Å². The Morgan fingerprint density at radius 2 is 1.93 bits per heavy atom. The number of hydrogen-bond donors (Lipinski definition) is 1. The van der Waals surface area contributed by atoms with Crippen LogP contribution in [0.1, 0.15) is 25.3 Å². The molecule has 30 heavy (non-hydrogen) atoms. The fourth-order valence-corrected chi connectivity index (χ4v) is 3.27. The standard InChI is InChI=1S/C22H21N3O4S/c1-2-3-14-29-19-11-4-16(5-12-19)6-13-21(26)24-22-23-20(15-30-22)17-7-9-18(10-8-17)25(27)28/h4-13,15H,2-3,14H2,1H3,(H,23,24,26)/b13-6+. The van der Waals surface area contributed by atoms with Gasteiger partial charge in [0.2, 0.25) is 5.91 Å². The van der Waals surface area contributed by atoms with Crippen LogP contribution >= 0.6 is 11.3 Å². The molecule has 0 spiro atoms. The number of carbonyl (C=O) groups is 1. The second-order valence-electron chi connectivity index (χ2n) is 6.44. The van der Waals surface area contributed by atoms with Crippen LogP contribution in [-0.4, -0.2) is 22.4 Å². The van der Waals surface area contributed by atoms with Crippen molar-refractivity contribution in [1.29, 1.82) is 0 Å². The molecule has 0 aliphatic heterocycles. The van der Waals surface area contributed by atoms with Crippen molar-refractivity contribution in [3.8, 4) is 17.0 Å². The number of rotatable bonds is 9. The van der Waals surface area contributed by atoms with Gasteiger partial charge in [0, 0.05) is 29.2 Å². The summed E-state index contributed by atoms with van der Waals surface area (Å²) in [4.78, 5) is 26.8. The molecule has 3 aromatic rings. The maximum absolute atomic E-state index is 12.2. The van der Waals surface area contributed by atoms with Crippen molar-refractivity contribution in [1.82, 2.24) is 4.98 Å². The first kappa shape index (κ1) is 21.2. The number of non-ortho nitro benzene ring substituents is 1. The fourth-order valence-electron chi connectivity index (χ4n) is 2.55. The monoisotopic (exact) mass is 423 g/mol. The zero-order chi connectivity index (χ0) is 21.3. The van der Waals surface area contributed by atoms with E-state index < -0.39 is 4.92 Å². The highest BCUT2D eigenvalue weighted by Gasteiger charge is 2.09. The molecule has 2 aromatic carbocycles. The van der Waals surface area contributed by atoms with Crippen LogP contribution in [0.3, 0.4) is 0 Å². The number of carbonyl (C=O) groups excluding carboxylic acids is 1. The average molecular weight is 423 g/mol. The summed E-state index contributed by atoms with van der Waals surface area (Å²) in [6.45, 7) is 2.81. The van der Waals surface area contributed by atoms with Gasteiger partial charge in [0.05, 0.1) is 17.2 Å². The molecule has 3 rings (SSSR count). The highest BCUT2D eigenvalue weighted by atomic mass is 32.1. The van der Waals surface area contributed by atoms with Crippen LogP contribution in [0.15, 0.2) is 60.0 Å². The smallest absolute Gasteiger partial charge is 0.269 e. The molecule has 0 radical (unpaired) electrons. The van der Waals surface area contributed by atoms with E-state index >= 15 is 0 Å². The molecular weight excluding hydrogens is 402 g/mol. The minimum Gasteiger partial charge on any atom is -0.494 e. The number of nitrogens with one attached hydrogen (secondary N) is 1. The third-order valence-electron chi connectivity index (χ3n) is 4.18. The van der Waals surface area contributed by atoms with E-state index in [0.29, 0.717) is 17.4 Å². The van der Waals surface area contributed by atoms with Gasteiger partial charge in [0.25, 0.3) is 5.69 Å². The van der Waals surface area contributed by atoms with Gasteiger partial charge in [-0.3, -0.25) is 20.2 Å². The molecule has 0 bridgehead atoms. The van der Waals surface area contributed by atoms with Crippen molar-refractivity contribution in [2.75, 3.05) is 11.9 Å². The molecule has 1 aromatic heterocycles. The number of benzene rings is 2. The molecule has 8 heteroatoms. The van der Waals surface area contributed by atoms with Gasteiger partial charge >= 0.3 is 0 Å². The number of aromatic nitrogens is 1. The summed E-state index contributed by atoms with van der Waals surface area (Å²) in [7, 11) is 0. The van der Waals surface area contributed by atoms with E-state index in [1.807, 2.05) is 24.3 Å². The molecule has 0 unspecified atom stereocenters. The third-order valence-corrected chi connectivity index (χ3v) is 4.94. The van der Waals surface area contributed by atoms with Crippen LogP contribution in [0.5, 0.6) is 5.75 Å². The Labute approximate surface area is 178 Å². The Balaban J connectivity index is 1.55. The number of amides is 1. The average Bonchev–Trinajstić information content (AvgIpc) is 3.22. The molecular formula is C22H21N3O4S. The van der Waals surface area contributed by atoms with Crippen molar-refractivity contribution in [2.24, 2.45) is 0 Å². The molecule has 154 valence electrons. The number of anilines is 1. The van der Waals surface area contributed by atoms with Crippen LogP contribution in [0, 0.1) is 10.1 Å².